The van der Waals surface area contributed by atoms with Gasteiger partial charge in [-0.2, -0.15) is 0 Å². The van der Waals surface area contributed by atoms with Crippen LogP contribution >= 0.6 is 11.3 Å². The lowest BCUT2D eigenvalue weighted by molar-refractivity contribution is 0.0695. The maximum Gasteiger partial charge on any atom is 0.264 e. The number of likely N-dealkylation sites (tertiary alicyclic amines) is 1. The van der Waals surface area contributed by atoms with Crippen LogP contribution in [0.2, 0.25) is 0 Å². The second-order valence-corrected chi connectivity index (χ2v) is 8.52. The number of piperidine rings is 1. The summed E-state index contributed by atoms with van der Waals surface area (Å²) in [5, 5.41) is 1.05. The Morgan fingerprint density at radius 2 is 1.81 bits per heavy atom. The molecule has 1 aromatic carbocycles. The number of benzene rings is 1. The Kier molecular flexibility index (Phi) is 4.96. The standard InChI is InChI=1S/C22H25N3OS/c1-14-19-15(2)23-16(3)24-21(19)27-20(14)22(26)25-11-9-18(10-12-25)13-17-7-5-4-6-8-17/h4-8,18H,9-13H2,1-3H3. The van der Waals surface area contributed by atoms with Crippen LogP contribution in [-0.2, 0) is 6.42 Å². The number of nitrogens with zero attached hydrogens (tertiary/aromatic N) is 3. The molecule has 140 valence electrons. The number of thiophene rings is 1. The van der Waals surface area contributed by atoms with Gasteiger partial charge in [-0.1, -0.05) is 30.3 Å². The third-order valence-electron chi connectivity index (χ3n) is 5.55. The fourth-order valence-electron chi connectivity index (χ4n) is 4.11. The van der Waals surface area contributed by atoms with Gasteiger partial charge in [-0.25, -0.2) is 9.97 Å². The second kappa shape index (κ2) is 7.39. The highest BCUT2D eigenvalue weighted by Gasteiger charge is 2.27. The quantitative estimate of drug-likeness (QED) is 0.662. The van der Waals surface area contributed by atoms with Gasteiger partial charge >= 0.3 is 0 Å². The van der Waals surface area contributed by atoms with E-state index in [9.17, 15) is 4.79 Å². The van der Waals surface area contributed by atoms with Crippen LogP contribution in [0, 0.1) is 26.7 Å². The minimum absolute atomic E-state index is 0.158. The predicted molar refractivity (Wildman–Crippen MR) is 110 cm³/mol. The van der Waals surface area contributed by atoms with Crippen LogP contribution in [0.25, 0.3) is 10.2 Å². The highest BCUT2D eigenvalue weighted by Crippen LogP contribution is 2.33. The average molecular weight is 380 g/mol. The summed E-state index contributed by atoms with van der Waals surface area (Å²) >= 11 is 1.52. The molecule has 0 N–H and O–H groups in total. The summed E-state index contributed by atoms with van der Waals surface area (Å²) in [6.07, 6.45) is 3.25. The Morgan fingerprint density at radius 1 is 1.11 bits per heavy atom. The van der Waals surface area contributed by atoms with Crippen LogP contribution in [0.15, 0.2) is 30.3 Å². The van der Waals surface area contributed by atoms with E-state index < -0.39 is 0 Å². The molecule has 27 heavy (non-hydrogen) atoms. The highest BCUT2D eigenvalue weighted by atomic mass is 32.1. The first-order chi connectivity index (χ1) is 13.0. The van der Waals surface area contributed by atoms with Crippen molar-refractivity contribution in [1.29, 1.82) is 0 Å². The number of aromatic nitrogens is 2. The van der Waals surface area contributed by atoms with Crippen molar-refractivity contribution >= 4 is 27.5 Å². The van der Waals surface area contributed by atoms with E-state index in [0.29, 0.717) is 5.92 Å². The smallest absolute Gasteiger partial charge is 0.264 e. The number of fused-ring (bicyclic) bond motifs is 1. The van der Waals surface area contributed by atoms with Crippen LogP contribution < -0.4 is 0 Å². The van der Waals surface area contributed by atoms with Crippen molar-refractivity contribution in [3.05, 3.63) is 57.9 Å². The normalized spacial score (nSPS) is 15.4. The Morgan fingerprint density at radius 3 is 2.52 bits per heavy atom. The molecule has 5 heteroatoms. The Labute approximate surface area is 164 Å². The van der Waals surface area contributed by atoms with E-state index in [1.54, 1.807) is 0 Å². The van der Waals surface area contributed by atoms with Crippen molar-refractivity contribution < 1.29 is 4.79 Å². The SMILES string of the molecule is Cc1nc(C)c2c(C)c(C(=O)N3CCC(Cc4ccccc4)CC3)sc2n1. The number of carbonyl (C=O) groups is 1. The number of aryl methyl sites for hydroxylation is 3. The van der Waals surface area contributed by atoms with Crippen molar-refractivity contribution in [2.24, 2.45) is 5.92 Å². The number of amides is 1. The number of hydrogen-bond donors (Lipinski definition) is 0. The molecule has 1 fully saturated rings. The molecular formula is C22H25N3OS. The predicted octanol–water partition coefficient (Wildman–Crippen LogP) is 4.71. The largest absolute Gasteiger partial charge is 0.338 e. The zero-order valence-corrected chi connectivity index (χ0v) is 17.0. The van der Waals surface area contributed by atoms with E-state index in [2.05, 4.69) is 40.3 Å². The molecule has 0 bridgehead atoms. The zero-order chi connectivity index (χ0) is 19.0. The zero-order valence-electron chi connectivity index (χ0n) is 16.2. The number of carbonyl (C=O) groups excluding carboxylic acids is 1. The summed E-state index contributed by atoms with van der Waals surface area (Å²) in [5.41, 5.74) is 3.39. The topological polar surface area (TPSA) is 46.1 Å². The van der Waals surface area contributed by atoms with Gasteiger partial charge in [0.2, 0.25) is 0 Å². The van der Waals surface area contributed by atoms with Crippen molar-refractivity contribution in [3.8, 4) is 0 Å². The lowest BCUT2D eigenvalue weighted by atomic mass is 9.90. The first kappa shape index (κ1) is 18.1. The van der Waals surface area contributed by atoms with Gasteiger partial charge in [0.05, 0.1) is 4.88 Å². The van der Waals surface area contributed by atoms with Gasteiger partial charge in [-0.15, -0.1) is 11.3 Å². The molecule has 4 rings (SSSR count). The number of rotatable bonds is 3. The molecule has 0 radical (unpaired) electrons. The van der Waals surface area contributed by atoms with Gasteiger partial charge in [-0.05, 0) is 57.1 Å². The summed E-state index contributed by atoms with van der Waals surface area (Å²) in [7, 11) is 0. The van der Waals surface area contributed by atoms with Crippen LogP contribution in [0.3, 0.4) is 0 Å². The van der Waals surface area contributed by atoms with E-state index in [0.717, 1.165) is 64.5 Å². The van der Waals surface area contributed by atoms with Crippen LogP contribution in [0.1, 0.15) is 45.2 Å². The first-order valence-corrected chi connectivity index (χ1v) is 10.4. The number of hydrogen-bond acceptors (Lipinski definition) is 4. The lowest BCUT2D eigenvalue weighted by Gasteiger charge is -2.32. The van der Waals surface area contributed by atoms with Crippen molar-refractivity contribution in [1.82, 2.24) is 14.9 Å². The Bertz CT molecular complexity index is 972. The molecule has 1 saturated heterocycles. The van der Waals surface area contributed by atoms with E-state index in [1.807, 2.05) is 25.7 Å². The monoisotopic (exact) mass is 379 g/mol. The minimum Gasteiger partial charge on any atom is -0.338 e. The van der Waals surface area contributed by atoms with Gasteiger partial charge in [0, 0.05) is 24.2 Å². The van der Waals surface area contributed by atoms with E-state index >= 15 is 0 Å². The second-order valence-electron chi connectivity index (χ2n) is 7.52. The molecule has 1 amide bonds. The Hall–Kier alpha value is -2.27. The van der Waals surface area contributed by atoms with Gasteiger partial charge in [0.15, 0.2) is 0 Å². The fourth-order valence-corrected chi connectivity index (χ4v) is 5.35. The summed E-state index contributed by atoms with van der Waals surface area (Å²) in [5.74, 6) is 1.59. The maximum absolute atomic E-state index is 13.1. The maximum atomic E-state index is 13.1. The van der Waals surface area contributed by atoms with Gasteiger partial charge < -0.3 is 4.90 Å². The lowest BCUT2D eigenvalue weighted by Crippen LogP contribution is -2.38. The van der Waals surface area contributed by atoms with Crippen LogP contribution in [-0.4, -0.2) is 33.9 Å². The van der Waals surface area contributed by atoms with E-state index in [-0.39, 0.29) is 5.91 Å². The third-order valence-corrected chi connectivity index (χ3v) is 6.72. The third kappa shape index (κ3) is 3.61. The Balaban J connectivity index is 1.47. The van der Waals surface area contributed by atoms with Crippen molar-refractivity contribution in [3.63, 3.8) is 0 Å². The van der Waals surface area contributed by atoms with Crippen molar-refractivity contribution in [2.45, 2.75) is 40.0 Å². The van der Waals surface area contributed by atoms with E-state index in [4.69, 9.17) is 0 Å². The van der Waals surface area contributed by atoms with Crippen molar-refractivity contribution in [2.75, 3.05) is 13.1 Å². The fraction of sp³-hybridized carbons (Fsp3) is 0.409. The molecule has 0 unspecified atom stereocenters. The van der Waals surface area contributed by atoms with Gasteiger partial charge in [0.25, 0.3) is 5.91 Å². The molecule has 2 aromatic heterocycles. The summed E-state index contributed by atoms with van der Waals surface area (Å²) in [6, 6.07) is 10.7. The van der Waals surface area contributed by atoms with Gasteiger partial charge in [-0.3, -0.25) is 4.79 Å². The summed E-state index contributed by atoms with van der Waals surface area (Å²) in [6.45, 7) is 7.61. The molecule has 1 aliphatic rings. The molecule has 4 nitrogen and oxygen atoms in total. The first-order valence-electron chi connectivity index (χ1n) is 9.60. The minimum atomic E-state index is 0.158. The summed E-state index contributed by atoms with van der Waals surface area (Å²) in [4.78, 5) is 25.9. The van der Waals surface area contributed by atoms with E-state index in [1.165, 1.54) is 16.9 Å². The molecule has 0 saturated carbocycles. The highest BCUT2D eigenvalue weighted by molar-refractivity contribution is 7.20. The molecule has 3 heterocycles. The molecule has 0 atom stereocenters. The molecule has 0 aliphatic carbocycles. The van der Waals surface area contributed by atoms with Crippen LogP contribution in [0.5, 0.6) is 0 Å². The molecule has 0 spiro atoms. The molecule has 3 aromatic rings. The van der Waals surface area contributed by atoms with Crippen LogP contribution in [0.4, 0.5) is 0 Å². The average Bonchev–Trinajstić information content (AvgIpc) is 2.99. The summed E-state index contributed by atoms with van der Waals surface area (Å²) < 4.78 is 0. The molecule has 1 aliphatic heterocycles. The molecular weight excluding hydrogens is 354 g/mol. The van der Waals surface area contributed by atoms with Gasteiger partial charge in [0.1, 0.15) is 10.7 Å².